The molecule has 2 aromatic carbocycles. The van der Waals surface area contributed by atoms with E-state index >= 15 is 0 Å². The van der Waals surface area contributed by atoms with Gasteiger partial charge in [-0.25, -0.2) is 4.98 Å². The zero-order valence-corrected chi connectivity index (χ0v) is 16.6. The second kappa shape index (κ2) is 7.37. The van der Waals surface area contributed by atoms with Crippen LogP contribution in [0.5, 0.6) is 0 Å². The van der Waals surface area contributed by atoms with E-state index in [1.165, 1.54) is 29.4 Å². The molecule has 0 spiro atoms. The maximum absolute atomic E-state index is 13.7. The number of alkyl halides is 3. The summed E-state index contributed by atoms with van der Waals surface area (Å²) >= 11 is 0. The lowest BCUT2D eigenvalue weighted by molar-refractivity contribution is -0.137. The number of halogens is 3. The molecule has 4 rings (SSSR count). The fraction of sp³-hybridized carbons (Fsp3) is 0.182. The number of anilines is 2. The van der Waals surface area contributed by atoms with E-state index in [0.717, 1.165) is 28.5 Å². The van der Waals surface area contributed by atoms with Gasteiger partial charge in [0.2, 0.25) is 0 Å². The molecule has 0 bridgehead atoms. The number of hydrogen-bond acceptors (Lipinski definition) is 4. The molecule has 0 aliphatic heterocycles. The number of nitrogens with one attached hydrogen (secondary N) is 1. The van der Waals surface area contributed by atoms with Crippen LogP contribution in [0.2, 0.25) is 0 Å². The number of benzene rings is 2. The normalized spacial score (nSPS) is 11.7. The van der Waals surface area contributed by atoms with Gasteiger partial charge in [-0.05, 0) is 56.2 Å². The summed E-state index contributed by atoms with van der Waals surface area (Å²) < 4.78 is 47.7. The van der Waals surface area contributed by atoms with E-state index < -0.39 is 11.7 Å². The highest BCUT2D eigenvalue weighted by atomic mass is 19.4. The van der Waals surface area contributed by atoms with E-state index in [2.05, 4.69) is 15.5 Å². The number of aromatic nitrogens is 3. The summed E-state index contributed by atoms with van der Waals surface area (Å²) in [6.07, 6.45) is -0.245. The largest absolute Gasteiger partial charge is 0.418 e. The van der Waals surface area contributed by atoms with E-state index in [9.17, 15) is 13.2 Å². The molecule has 2 aromatic heterocycles. The Balaban J connectivity index is 1.74. The number of imidazole rings is 1. The van der Waals surface area contributed by atoms with Crippen LogP contribution >= 0.6 is 0 Å². The third-order valence-corrected chi connectivity index (χ3v) is 4.92. The van der Waals surface area contributed by atoms with Gasteiger partial charge in [0.1, 0.15) is 5.76 Å². The Morgan fingerprint density at radius 3 is 2.47 bits per heavy atom. The van der Waals surface area contributed by atoms with Gasteiger partial charge < -0.3 is 14.4 Å². The second-order valence-electron chi connectivity index (χ2n) is 7.05. The molecule has 30 heavy (non-hydrogen) atoms. The van der Waals surface area contributed by atoms with Gasteiger partial charge in [-0.1, -0.05) is 17.3 Å². The maximum atomic E-state index is 13.7. The summed E-state index contributed by atoms with van der Waals surface area (Å²) in [6.45, 7) is 5.57. The number of nitrogens with zero attached hydrogens (tertiary/aromatic N) is 3. The van der Waals surface area contributed by atoms with Gasteiger partial charge in [0.25, 0.3) is 0 Å². The number of rotatable bonds is 4. The number of hydrogen-bond donors (Lipinski definition) is 1. The van der Waals surface area contributed by atoms with Crippen LogP contribution in [-0.4, -0.2) is 14.7 Å². The summed E-state index contributed by atoms with van der Waals surface area (Å²) in [5, 5.41) is 7.10. The van der Waals surface area contributed by atoms with Crippen molar-refractivity contribution in [2.75, 3.05) is 5.32 Å². The molecule has 154 valence electrons. The van der Waals surface area contributed by atoms with Gasteiger partial charge >= 0.3 is 6.18 Å². The van der Waals surface area contributed by atoms with E-state index in [1.54, 1.807) is 6.07 Å². The van der Waals surface area contributed by atoms with Crippen LogP contribution in [0.1, 0.15) is 22.6 Å². The third-order valence-electron chi connectivity index (χ3n) is 4.92. The first-order valence-corrected chi connectivity index (χ1v) is 9.24. The highest BCUT2D eigenvalue weighted by Gasteiger charge is 2.34. The van der Waals surface area contributed by atoms with E-state index in [1.807, 2.05) is 39.0 Å². The average molecular weight is 412 g/mol. The van der Waals surface area contributed by atoms with Crippen molar-refractivity contribution >= 4 is 11.4 Å². The van der Waals surface area contributed by atoms with Crippen molar-refractivity contribution in [3.63, 3.8) is 0 Å². The van der Waals surface area contributed by atoms with E-state index in [-0.39, 0.29) is 5.69 Å². The molecule has 0 fully saturated rings. The summed E-state index contributed by atoms with van der Waals surface area (Å²) in [6, 6.07) is 9.90. The molecular formula is C22H19F3N4O. The summed E-state index contributed by atoms with van der Waals surface area (Å²) in [7, 11) is 0. The Bertz CT molecular complexity index is 1170. The highest BCUT2D eigenvalue weighted by molar-refractivity contribution is 5.75. The molecule has 0 unspecified atom stereocenters. The lowest BCUT2D eigenvalue weighted by atomic mass is 10.0. The predicted octanol–water partition coefficient (Wildman–Crippen LogP) is 6.21. The van der Waals surface area contributed by atoms with Gasteiger partial charge in [-0.15, -0.1) is 0 Å². The van der Waals surface area contributed by atoms with Crippen molar-refractivity contribution in [1.82, 2.24) is 14.7 Å². The zero-order valence-electron chi connectivity index (χ0n) is 16.6. The molecule has 0 amide bonds. The van der Waals surface area contributed by atoms with Crippen molar-refractivity contribution in [2.24, 2.45) is 0 Å². The standard InChI is InChI=1S/C22H19F3N4O/c1-13-4-5-16(21-14(2)28-30-15(21)3)10-19(13)27-17-6-7-20(29-9-8-26-12-29)18(11-17)22(23,24)25/h4-12,27H,1-3H3. The molecule has 1 N–H and O–H groups in total. The molecule has 0 radical (unpaired) electrons. The van der Waals surface area contributed by atoms with E-state index in [0.29, 0.717) is 17.1 Å². The van der Waals surface area contributed by atoms with Crippen molar-refractivity contribution in [1.29, 1.82) is 0 Å². The van der Waals surface area contributed by atoms with Gasteiger partial charge in [-0.2, -0.15) is 13.2 Å². The minimum atomic E-state index is -4.51. The minimum Gasteiger partial charge on any atom is -0.361 e. The molecule has 4 aromatic rings. The van der Waals surface area contributed by atoms with E-state index in [4.69, 9.17) is 4.52 Å². The summed E-state index contributed by atoms with van der Waals surface area (Å²) in [5.74, 6) is 0.686. The zero-order chi connectivity index (χ0) is 21.5. The smallest absolute Gasteiger partial charge is 0.361 e. The SMILES string of the molecule is Cc1ccc(-c2c(C)noc2C)cc1Nc1ccc(-n2ccnc2)c(C(F)(F)F)c1. The molecule has 0 atom stereocenters. The fourth-order valence-corrected chi connectivity index (χ4v) is 3.43. The van der Waals surface area contributed by atoms with Crippen LogP contribution < -0.4 is 5.32 Å². The van der Waals surface area contributed by atoms with Crippen LogP contribution in [-0.2, 0) is 6.18 Å². The molecule has 0 aliphatic carbocycles. The lowest BCUT2D eigenvalue weighted by Gasteiger charge is -2.17. The molecule has 0 saturated carbocycles. The number of aryl methyl sites for hydroxylation is 3. The molecule has 5 nitrogen and oxygen atoms in total. The first-order chi connectivity index (χ1) is 14.2. The Morgan fingerprint density at radius 1 is 1.03 bits per heavy atom. The first-order valence-electron chi connectivity index (χ1n) is 9.24. The molecule has 2 heterocycles. The monoisotopic (exact) mass is 412 g/mol. The molecule has 0 saturated heterocycles. The van der Waals surface area contributed by atoms with Crippen molar-refractivity contribution < 1.29 is 17.7 Å². The van der Waals surface area contributed by atoms with Crippen molar-refractivity contribution in [2.45, 2.75) is 26.9 Å². The summed E-state index contributed by atoms with van der Waals surface area (Å²) in [4.78, 5) is 3.84. The first kappa shape index (κ1) is 19.8. The van der Waals surface area contributed by atoms with Gasteiger partial charge in [-0.3, -0.25) is 0 Å². The Kier molecular flexibility index (Phi) is 4.85. The highest BCUT2D eigenvalue weighted by Crippen LogP contribution is 2.37. The van der Waals surface area contributed by atoms with Crippen LogP contribution in [0.3, 0.4) is 0 Å². The van der Waals surface area contributed by atoms with Crippen LogP contribution in [0.15, 0.2) is 59.6 Å². The topological polar surface area (TPSA) is 55.9 Å². The molecular weight excluding hydrogens is 393 g/mol. The quantitative estimate of drug-likeness (QED) is 0.433. The third kappa shape index (κ3) is 3.68. The predicted molar refractivity (Wildman–Crippen MR) is 108 cm³/mol. The second-order valence-corrected chi connectivity index (χ2v) is 7.05. The van der Waals surface area contributed by atoms with Gasteiger partial charge in [0.05, 0.1) is 23.3 Å². The van der Waals surface area contributed by atoms with Crippen molar-refractivity contribution in [3.8, 4) is 16.8 Å². The molecule has 0 aliphatic rings. The fourth-order valence-electron chi connectivity index (χ4n) is 3.43. The van der Waals surface area contributed by atoms with Crippen molar-refractivity contribution in [3.05, 3.63) is 77.7 Å². The Labute approximate surface area is 171 Å². The van der Waals surface area contributed by atoms with Gasteiger partial charge in [0, 0.05) is 29.3 Å². The van der Waals surface area contributed by atoms with Gasteiger partial charge in [0.15, 0.2) is 0 Å². The van der Waals surface area contributed by atoms with Crippen LogP contribution in [0, 0.1) is 20.8 Å². The molecule has 8 heteroatoms. The maximum Gasteiger partial charge on any atom is 0.418 e. The minimum absolute atomic E-state index is 0.0201. The summed E-state index contributed by atoms with van der Waals surface area (Å²) in [5.41, 5.74) is 3.73. The average Bonchev–Trinajstić information content (AvgIpc) is 3.33. The van der Waals surface area contributed by atoms with Crippen LogP contribution in [0.25, 0.3) is 16.8 Å². The Morgan fingerprint density at radius 2 is 1.83 bits per heavy atom. The Hall–Kier alpha value is -3.55. The van der Waals surface area contributed by atoms with Crippen LogP contribution in [0.4, 0.5) is 24.5 Å². The lowest BCUT2D eigenvalue weighted by Crippen LogP contribution is -2.11.